The molecule has 0 radical (unpaired) electrons. The molecule has 0 saturated heterocycles. The lowest BCUT2D eigenvalue weighted by Gasteiger charge is -2.33. The van der Waals surface area contributed by atoms with Gasteiger partial charge in [-0.25, -0.2) is 4.79 Å². The summed E-state index contributed by atoms with van der Waals surface area (Å²) in [5.74, 6) is -0.865. The first-order chi connectivity index (χ1) is 17.5. The van der Waals surface area contributed by atoms with Crippen LogP contribution < -0.4 is 10.6 Å². The van der Waals surface area contributed by atoms with Crippen LogP contribution in [0.2, 0.25) is 0 Å². The van der Waals surface area contributed by atoms with E-state index in [-0.39, 0.29) is 42.4 Å². The Kier molecular flexibility index (Phi) is 7.15. The van der Waals surface area contributed by atoms with Gasteiger partial charge in [0.05, 0.1) is 42.2 Å². The van der Waals surface area contributed by atoms with Gasteiger partial charge < -0.3 is 20.0 Å². The van der Waals surface area contributed by atoms with Crippen LogP contribution in [0.15, 0.2) is 71.0 Å². The maximum Gasteiger partial charge on any atom is 0.416 e. The van der Waals surface area contributed by atoms with Crippen molar-refractivity contribution in [1.29, 1.82) is 0 Å². The predicted molar refractivity (Wildman–Crippen MR) is 128 cm³/mol. The van der Waals surface area contributed by atoms with E-state index in [9.17, 15) is 27.6 Å². The van der Waals surface area contributed by atoms with Gasteiger partial charge in [-0.1, -0.05) is 38.1 Å². The third-order valence-electron chi connectivity index (χ3n) is 6.39. The second kappa shape index (κ2) is 10.2. The number of nitrogens with one attached hydrogen (secondary N) is 2. The van der Waals surface area contributed by atoms with E-state index in [0.29, 0.717) is 5.76 Å². The van der Waals surface area contributed by atoms with E-state index in [0.717, 1.165) is 6.07 Å². The van der Waals surface area contributed by atoms with Gasteiger partial charge in [0, 0.05) is 6.54 Å². The number of furan rings is 1. The van der Waals surface area contributed by atoms with Crippen LogP contribution in [0.25, 0.3) is 0 Å². The summed E-state index contributed by atoms with van der Waals surface area (Å²) in [6.07, 6.45) is -1.77. The third-order valence-corrected chi connectivity index (χ3v) is 6.39. The molecule has 3 heterocycles. The maximum atomic E-state index is 13.8. The van der Waals surface area contributed by atoms with Crippen molar-refractivity contribution in [3.63, 3.8) is 0 Å². The van der Waals surface area contributed by atoms with Crippen LogP contribution in [0.3, 0.4) is 0 Å². The molecule has 0 saturated carbocycles. The highest BCUT2D eigenvalue weighted by atomic mass is 19.4. The van der Waals surface area contributed by atoms with E-state index < -0.39 is 41.7 Å². The van der Waals surface area contributed by atoms with Crippen molar-refractivity contribution < 1.29 is 32.0 Å². The largest absolute Gasteiger partial charge is 0.467 e. The number of carbonyl (C=O) groups excluding carboxylic acids is 3. The minimum Gasteiger partial charge on any atom is -0.467 e. The lowest BCUT2D eigenvalue weighted by atomic mass is 9.91. The second-order valence-corrected chi connectivity index (χ2v) is 9.15. The SMILES string of the molecule is C=CCN1C(=O)NC(c2ccccc2C(F)(F)F)C2=C1CN(C(C(=O)NCc1ccco1)C(C)C)C2=O. The van der Waals surface area contributed by atoms with Crippen molar-refractivity contribution >= 4 is 17.8 Å². The standard InChI is InChI=1S/C26H27F3N4O4/c1-4-11-32-19-14-33(22(15(2)3)23(34)30-13-16-8-7-12-37-16)24(35)20(19)21(31-25(32)36)17-9-5-6-10-18(17)26(27,28)29/h4-10,12,15,21-22H,1,11,13-14H2,2-3H3,(H,30,34)(H,31,36). The Morgan fingerprint density at radius 2 is 1.97 bits per heavy atom. The Bertz CT molecular complexity index is 1240. The average Bonchev–Trinajstić information content (AvgIpc) is 3.47. The van der Waals surface area contributed by atoms with Gasteiger partial charge in [-0.3, -0.25) is 14.5 Å². The van der Waals surface area contributed by atoms with Crippen molar-refractivity contribution in [1.82, 2.24) is 20.4 Å². The maximum absolute atomic E-state index is 13.8. The highest BCUT2D eigenvalue weighted by Gasteiger charge is 2.49. The molecular weight excluding hydrogens is 489 g/mol. The number of amides is 4. The lowest BCUT2D eigenvalue weighted by Crippen LogP contribution is -2.51. The number of nitrogens with zero attached hydrogens (tertiary/aromatic N) is 2. The summed E-state index contributed by atoms with van der Waals surface area (Å²) in [6, 6.07) is 5.27. The molecule has 196 valence electrons. The van der Waals surface area contributed by atoms with Crippen LogP contribution in [0, 0.1) is 5.92 Å². The van der Waals surface area contributed by atoms with Gasteiger partial charge in [-0.05, 0) is 29.7 Å². The lowest BCUT2D eigenvalue weighted by molar-refractivity contribution is -0.139. The molecule has 4 amide bonds. The molecule has 2 atom stereocenters. The van der Waals surface area contributed by atoms with E-state index in [4.69, 9.17) is 4.42 Å². The molecule has 2 N–H and O–H groups in total. The van der Waals surface area contributed by atoms with E-state index >= 15 is 0 Å². The first kappa shape index (κ1) is 26.1. The second-order valence-electron chi connectivity index (χ2n) is 9.15. The molecule has 2 unspecified atom stereocenters. The number of carbonyl (C=O) groups is 3. The Hall–Kier alpha value is -4.02. The number of hydrogen-bond acceptors (Lipinski definition) is 4. The minimum absolute atomic E-state index is 0.00244. The smallest absolute Gasteiger partial charge is 0.416 e. The summed E-state index contributed by atoms with van der Waals surface area (Å²) in [5.41, 5.74) is -0.942. The van der Waals surface area contributed by atoms with Gasteiger partial charge in [0.25, 0.3) is 5.91 Å². The van der Waals surface area contributed by atoms with Crippen molar-refractivity contribution in [2.75, 3.05) is 13.1 Å². The molecule has 1 aromatic carbocycles. The highest BCUT2D eigenvalue weighted by Crippen LogP contribution is 2.42. The molecule has 11 heteroatoms. The number of benzene rings is 1. The van der Waals surface area contributed by atoms with Crippen LogP contribution in [0.4, 0.5) is 18.0 Å². The molecule has 0 bridgehead atoms. The first-order valence-electron chi connectivity index (χ1n) is 11.7. The Morgan fingerprint density at radius 1 is 1.24 bits per heavy atom. The fourth-order valence-corrected chi connectivity index (χ4v) is 4.80. The van der Waals surface area contributed by atoms with E-state index in [2.05, 4.69) is 17.2 Å². The normalized spacial score (nSPS) is 18.7. The molecule has 4 rings (SSSR count). The number of alkyl halides is 3. The van der Waals surface area contributed by atoms with Gasteiger partial charge in [0.15, 0.2) is 0 Å². The van der Waals surface area contributed by atoms with Crippen molar-refractivity contribution in [2.45, 2.75) is 38.7 Å². The quantitative estimate of drug-likeness (QED) is 0.519. The monoisotopic (exact) mass is 516 g/mol. The van der Waals surface area contributed by atoms with Gasteiger partial charge in [-0.15, -0.1) is 6.58 Å². The predicted octanol–water partition coefficient (Wildman–Crippen LogP) is 3.99. The summed E-state index contributed by atoms with van der Waals surface area (Å²) < 4.78 is 46.8. The van der Waals surface area contributed by atoms with Gasteiger partial charge in [0.2, 0.25) is 5.91 Å². The van der Waals surface area contributed by atoms with Crippen molar-refractivity contribution in [3.8, 4) is 0 Å². The minimum atomic E-state index is -4.70. The summed E-state index contributed by atoms with van der Waals surface area (Å²) in [7, 11) is 0. The van der Waals surface area contributed by atoms with E-state index in [1.54, 1.807) is 26.0 Å². The molecule has 8 nitrogen and oxygen atoms in total. The van der Waals surface area contributed by atoms with Crippen LogP contribution in [-0.2, 0) is 22.3 Å². The van der Waals surface area contributed by atoms with Crippen LogP contribution in [0.5, 0.6) is 0 Å². The number of rotatable bonds is 8. The average molecular weight is 517 g/mol. The third kappa shape index (κ3) is 4.98. The van der Waals surface area contributed by atoms with Gasteiger partial charge in [0.1, 0.15) is 11.8 Å². The topological polar surface area (TPSA) is 94.9 Å². The molecule has 2 aliphatic heterocycles. The molecule has 2 aromatic rings. The van der Waals surface area contributed by atoms with Gasteiger partial charge in [-0.2, -0.15) is 13.2 Å². The van der Waals surface area contributed by atoms with Crippen LogP contribution >= 0.6 is 0 Å². The van der Waals surface area contributed by atoms with Crippen LogP contribution in [-0.4, -0.2) is 46.8 Å². The highest BCUT2D eigenvalue weighted by molar-refractivity contribution is 6.03. The number of urea groups is 1. The van der Waals surface area contributed by atoms with Gasteiger partial charge >= 0.3 is 12.2 Å². The zero-order valence-corrected chi connectivity index (χ0v) is 20.3. The Balaban J connectivity index is 1.72. The number of hydrogen-bond donors (Lipinski definition) is 2. The molecule has 0 aliphatic carbocycles. The van der Waals surface area contributed by atoms with Crippen molar-refractivity contribution in [3.05, 3.63) is 83.5 Å². The zero-order valence-electron chi connectivity index (χ0n) is 20.3. The molecule has 37 heavy (non-hydrogen) atoms. The van der Waals surface area contributed by atoms with Crippen molar-refractivity contribution in [2.24, 2.45) is 5.92 Å². The fraction of sp³-hybridized carbons (Fsp3) is 0.346. The molecular formula is C26H27F3N4O4. The summed E-state index contributed by atoms with van der Waals surface area (Å²) >= 11 is 0. The molecule has 1 aromatic heterocycles. The molecule has 2 aliphatic rings. The van der Waals surface area contributed by atoms with Crippen LogP contribution in [0.1, 0.15) is 36.8 Å². The fourth-order valence-electron chi connectivity index (χ4n) is 4.80. The summed E-state index contributed by atoms with van der Waals surface area (Å²) in [6.45, 7) is 7.20. The summed E-state index contributed by atoms with van der Waals surface area (Å²) in [4.78, 5) is 42.6. The van der Waals surface area contributed by atoms with E-state index in [1.807, 2.05) is 0 Å². The Morgan fingerprint density at radius 3 is 2.59 bits per heavy atom. The molecule has 0 fully saturated rings. The molecule has 0 spiro atoms. The summed E-state index contributed by atoms with van der Waals surface area (Å²) in [5, 5.41) is 5.32. The zero-order chi connectivity index (χ0) is 26.9. The van der Waals surface area contributed by atoms with E-state index in [1.165, 1.54) is 40.3 Å². The first-order valence-corrected chi connectivity index (χ1v) is 11.7. The number of halogens is 3. The Labute approximate surface area is 211 Å².